The molecule has 4 nitrogen and oxygen atoms in total. The number of amides is 1. The van der Waals surface area contributed by atoms with Gasteiger partial charge in [0.05, 0.1) is 0 Å². The Morgan fingerprint density at radius 1 is 0.833 bits per heavy atom. The predicted octanol–water partition coefficient (Wildman–Crippen LogP) is -0.288. The smallest absolute Gasteiger partial charge is 0.285 e. The highest BCUT2D eigenvalue weighted by Crippen LogP contribution is 1.96. The van der Waals surface area contributed by atoms with Gasteiger partial charge in [-0.1, -0.05) is 54.0 Å². The van der Waals surface area contributed by atoms with Gasteiger partial charge in [-0.25, -0.2) is 0 Å². The highest BCUT2D eigenvalue weighted by atomic mass is 16.1. The van der Waals surface area contributed by atoms with Crippen LogP contribution in [0, 0.1) is 0 Å². The second-order valence-corrected chi connectivity index (χ2v) is 3.39. The van der Waals surface area contributed by atoms with Gasteiger partial charge < -0.3 is 16.2 Å². The molecule has 0 aliphatic carbocycles. The molecule has 1 amide bonds. The Balaban J connectivity index is 0.00000144. The molecule has 0 saturated heterocycles. The van der Waals surface area contributed by atoms with Crippen molar-refractivity contribution in [2.45, 2.75) is 0 Å². The SMILES string of the molecule is O.O.O=C(N[B]c1ccccc1)c1ccccc1. The normalized spacial score (nSPS) is 8.44. The number of hydrogen-bond acceptors (Lipinski definition) is 1. The summed E-state index contributed by atoms with van der Waals surface area (Å²) in [4.78, 5) is 11.7. The van der Waals surface area contributed by atoms with Crippen molar-refractivity contribution in [1.82, 2.24) is 5.23 Å². The summed E-state index contributed by atoms with van der Waals surface area (Å²) in [6, 6.07) is 18.8. The van der Waals surface area contributed by atoms with Crippen molar-refractivity contribution >= 4 is 18.8 Å². The highest BCUT2D eigenvalue weighted by Gasteiger charge is 2.04. The van der Waals surface area contributed by atoms with E-state index in [0.29, 0.717) is 5.56 Å². The molecule has 0 bridgehead atoms. The standard InChI is InChI=1S/C13H11BNO.2H2O/c16-13(11-7-3-1-4-8-11)15-14-12-9-5-2-6-10-12;;/h1-10H,(H,15,16);2*1H2. The molecule has 0 aromatic heterocycles. The van der Waals surface area contributed by atoms with Gasteiger partial charge in [-0.3, -0.25) is 4.79 Å². The van der Waals surface area contributed by atoms with E-state index in [9.17, 15) is 4.79 Å². The minimum atomic E-state index is -0.0931. The Labute approximate surface area is 107 Å². The van der Waals surface area contributed by atoms with Crippen LogP contribution in [0.15, 0.2) is 60.7 Å². The fraction of sp³-hybridized carbons (Fsp3) is 0. The van der Waals surface area contributed by atoms with Gasteiger partial charge in [0.1, 0.15) is 0 Å². The van der Waals surface area contributed by atoms with Crippen LogP contribution in [0.25, 0.3) is 0 Å². The van der Waals surface area contributed by atoms with Crippen molar-refractivity contribution in [1.29, 1.82) is 0 Å². The zero-order valence-electron chi connectivity index (χ0n) is 9.76. The lowest BCUT2D eigenvalue weighted by Gasteiger charge is -2.03. The van der Waals surface area contributed by atoms with E-state index < -0.39 is 0 Å². The quantitative estimate of drug-likeness (QED) is 0.738. The second-order valence-electron chi connectivity index (χ2n) is 3.39. The molecule has 0 unspecified atom stereocenters. The lowest BCUT2D eigenvalue weighted by atomic mass is 9.83. The summed E-state index contributed by atoms with van der Waals surface area (Å²) in [6.07, 6.45) is 0. The molecule has 2 aromatic carbocycles. The topological polar surface area (TPSA) is 92.1 Å². The average molecular weight is 244 g/mol. The van der Waals surface area contributed by atoms with Crippen molar-refractivity contribution in [3.63, 3.8) is 0 Å². The Morgan fingerprint density at radius 3 is 1.89 bits per heavy atom. The largest absolute Gasteiger partial charge is 0.412 e. The molecule has 0 aliphatic rings. The van der Waals surface area contributed by atoms with Crippen LogP contribution in [-0.4, -0.2) is 24.3 Å². The van der Waals surface area contributed by atoms with Gasteiger partial charge >= 0.3 is 0 Å². The minimum absolute atomic E-state index is 0. The van der Waals surface area contributed by atoms with E-state index >= 15 is 0 Å². The number of nitrogens with one attached hydrogen (secondary N) is 1. The molecule has 2 aromatic rings. The van der Waals surface area contributed by atoms with Gasteiger partial charge in [-0.05, 0) is 12.1 Å². The Hall–Kier alpha value is -2.11. The van der Waals surface area contributed by atoms with Crippen molar-refractivity contribution < 1.29 is 15.7 Å². The van der Waals surface area contributed by atoms with Crippen LogP contribution in [0.4, 0.5) is 0 Å². The van der Waals surface area contributed by atoms with Crippen LogP contribution in [0.5, 0.6) is 0 Å². The Bertz CT molecular complexity index is 462. The summed E-state index contributed by atoms with van der Waals surface area (Å²) in [5.74, 6) is -0.0931. The number of hydrogen-bond donors (Lipinski definition) is 1. The molecule has 0 saturated carbocycles. The number of benzene rings is 2. The van der Waals surface area contributed by atoms with Gasteiger partial charge in [0.25, 0.3) is 7.41 Å². The van der Waals surface area contributed by atoms with Crippen LogP contribution in [0.3, 0.4) is 0 Å². The third-order valence-electron chi connectivity index (χ3n) is 2.21. The molecule has 0 aliphatic heterocycles. The molecule has 18 heavy (non-hydrogen) atoms. The lowest BCUT2D eigenvalue weighted by Crippen LogP contribution is -2.35. The molecule has 0 heterocycles. The van der Waals surface area contributed by atoms with E-state index in [0.717, 1.165) is 5.46 Å². The predicted molar refractivity (Wildman–Crippen MR) is 73.0 cm³/mol. The lowest BCUT2D eigenvalue weighted by molar-refractivity contribution is 0.0981. The molecule has 0 atom stereocenters. The summed E-state index contributed by atoms with van der Waals surface area (Å²) >= 11 is 0. The van der Waals surface area contributed by atoms with Crippen molar-refractivity contribution in [3.05, 3.63) is 66.2 Å². The van der Waals surface area contributed by atoms with Gasteiger partial charge in [0, 0.05) is 5.56 Å². The summed E-state index contributed by atoms with van der Waals surface area (Å²) < 4.78 is 0. The van der Waals surface area contributed by atoms with Crippen LogP contribution in [-0.2, 0) is 0 Å². The van der Waals surface area contributed by atoms with Crippen LogP contribution in [0.2, 0.25) is 0 Å². The first-order chi connectivity index (χ1) is 7.86. The fourth-order valence-corrected chi connectivity index (χ4v) is 1.37. The fourth-order valence-electron chi connectivity index (χ4n) is 1.37. The van der Waals surface area contributed by atoms with Gasteiger partial charge in [0.2, 0.25) is 5.91 Å². The van der Waals surface area contributed by atoms with Gasteiger partial charge in [-0.15, -0.1) is 0 Å². The Kier molecular flexibility index (Phi) is 7.11. The monoisotopic (exact) mass is 244 g/mol. The Morgan fingerprint density at radius 2 is 1.33 bits per heavy atom. The molecule has 5 N–H and O–H groups in total. The van der Waals surface area contributed by atoms with Crippen molar-refractivity contribution in [3.8, 4) is 0 Å². The first-order valence-electron chi connectivity index (χ1n) is 5.10. The van der Waals surface area contributed by atoms with Crippen molar-refractivity contribution in [2.24, 2.45) is 0 Å². The number of rotatable bonds is 3. The number of carbonyl (C=O) groups excluding carboxylic acids is 1. The number of carbonyl (C=O) groups is 1. The van der Waals surface area contributed by atoms with E-state index in [4.69, 9.17) is 0 Å². The molecule has 1 radical (unpaired) electrons. The van der Waals surface area contributed by atoms with Gasteiger partial charge in [0.15, 0.2) is 0 Å². The first kappa shape index (κ1) is 15.9. The molecule has 2 rings (SSSR count). The maximum atomic E-state index is 11.7. The zero-order valence-corrected chi connectivity index (χ0v) is 9.76. The van der Waals surface area contributed by atoms with E-state index in [-0.39, 0.29) is 16.9 Å². The molecule has 93 valence electrons. The van der Waals surface area contributed by atoms with Gasteiger partial charge in [-0.2, -0.15) is 0 Å². The molecule has 0 spiro atoms. The maximum absolute atomic E-state index is 11.7. The van der Waals surface area contributed by atoms with Crippen LogP contribution < -0.4 is 10.7 Å². The maximum Gasteiger partial charge on any atom is 0.285 e. The summed E-state index contributed by atoms with van der Waals surface area (Å²) in [5.41, 5.74) is 1.64. The summed E-state index contributed by atoms with van der Waals surface area (Å²) in [6.45, 7) is 0. The van der Waals surface area contributed by atoms with E-state index in [1.165, 1.54) is 0 Å². The third-order valence-corrected chi connectivity index (χ3v) is 2.21. The van der Waals surface area contributed by atoms with E-state index in [2.05, 4.69) is 5.23 Å². The second kappa shape index (κ2) is 8.05. The summed E-state index contributed by atoms with van der Waals surface area (Å²) in [7, 11) is 1.70. The molecule has 5 heteroatoms. The average Bonchev–Trinajstić information content (AvgIpc) is 2.38. The first-order valence-corrected chi connectivity index (χ1v) is 5.10. The highest BCUT2D eigenvalue weighted by molar-refractivity contribution is 6.54. The van der Waals surface area contributed by atoms with Crippen LogP contribution >= 0.6 is 0 Å². The van der Waals surface area contributed by atoms with Crippen LogP contribution in [0.1, 0.15) is 10.4 Å². The molecule has 0 fully saturated rings. The molecular formula is C13H15BNO3. The van der Waals surface area contributed by atoms with E-state index in [1.807, 2.05) is 48.5 Å². The van der Waals surface area contributed by atoms with Crippen molar-refractivity contribution in [2.75, 3.05) is 0 Å². The molecular weight excluding hydrogens is 229 g/mol. The van der Waals surface area contributed by atoms with E-state index in [1.54, 1.807) is 19.5 Å². The zero-order chi connectivity index (χ0) is 11.2. The third kappa shape index (κ3) is 4.41. The minimum Gasteiger partial charge on any atom is -0.412 e. The summed E-state index contributed by atoms with van der Waals surface area (Å²) in [5, 5.41) is 2.75.